The molecule has 0 radical (unpaired) electrons. The number of carbonyl (C=O) groups is 2. The molecule has 0 spiro atoms. The van der Waals surface area contributed by atoms with Crippen LogP contribution in [0.5, 0.6) is 0 Å². The lowest BCUT2D eigenvalue weighted by atomic mass is 10.3. The van der Waals surface area contributed by atoms with Crippen molar-refractivity contribution in [2.45, 2.75) is 6.92 Å². The van der Waals surface area contributed by atoms with Crippen molar-refractivity contribution in [2.75, 3.05) is 29.7 Å². The van der Waals surface area contributed by atoms with Crippen LogP contribution in [0.3, 0.4) is 0 Å². The average Bonchev–Trinajstić information content (AvgIpc) is 2.37. The summed E-state index contributed by atoms with van der Waals surface area (Å²) in [5.41, 5.74) is 1.00. The quantitative estimate of drug-likeness (QED) is 0.816. The summed E-state index contributed by atoms with van der Waals surface area (Å²) in [4.78, 5) is 22.5. The van der Waals surface area contributed by atoms with Crippen LogP contribution in [0.15, 0.2) is 24.3 Å². The first-order valence-corrected chi connectivity index (χ1v) is 6.22. The Kier molecular flexibility index (Phi) is 6.52. The molecule has 0 aromatic heterocycles. The first-order chi connectivity index (χ1) is 9.15. The Morgan fingerprint density at radius 1 is 1.16 bits per heavy atom. The largest absolute Gasteiger partial charge is 0.450 e. The van der Waals surface area contributed by atoms with Gasteiger partial charge in [0.2, 0.25) is 0 Å². The fourth-order valence-corrected chi connectivity index (χ4v) is 1.32. The lowest BCUT2D eigenvalue weighted by molar-refractivity contribution is 0.167. The summed E-state index contributed by atoms with van der Waals surface area (Å²) < 4.78 is 9.50. The second-order valence-electron chi connectivity index (χ2n) is 3.38. The fourth-order valence-electron chi connectivity index (χ4n) is 1.24. The number of benzene rings is 1. The summed E-state index contributed by atoms with van der Waals surface area (Å²) in [6, 6.07) is 6.60. The Bertz CT molecular complexity index is 439. The molecule has 0 saturated carbocycles. The van der Waals surface area contributed by atoms with Crippen molar-refractivity contribution in [1.82, 2.24) is 0 Å². The standard InChI is InChI=1S/C12H15ClN2O4/c1-2-18-11(16)14-9-4-3-5-10(8-9)15-12(17)19-7-6-13/h3-5,8H,2,6-7H2,1H3,(H,14,16)(H,15,17). The number of rotatable bonds is 5. The van der Waals surface area contributed by atoms with E-state index in [9.17, 15) is 9.59 Å². The highest BCUT2D eigenvalue weighted by molar-refractivity contribution is 6.18. The molecule has 0 saturated heterocycles. The highest BCUT2D eigenvalue weighted by Crippen LogP contribution is 2.15. The zero-order valence-electron chi connectivity index (χ0n) is 10.4. The predicted molar refractivity (Wildman–Crippen MR) is 72.8 cm³/mol. The van der Waals surface area contributed by atoms with Gasteiger partial charge < -0.3 is 9.47 Å². The molecule has 2 N–H and O–H groups in total. The maximum Gasteiger partial charge on any atom is 0.411 e. The van der Waals surface area contributed by atoms with E-state index in [1.165, 1.54) is 0 Å². The van der Waals surface area contributed by atoms with Crippen LogP contribution in [0.2, 0.25) is 0 Å². The van der Waals surface area contributed by atoms with Crippen LogP contribution in [0, 0.1) is 0 Å². The molecule has 0 heterocycles. The van der Waals surface area contributed by atoms with Gasteiger partial charge in [0.1, 0.15) is 6.61 Å². The SMILES string of the molecule is CCOC(=O)Nc1cccc(NC(=O)OCCCl)c1. The summed E-state index contributed by atoms with van der Waals surface area (Å²) in [5.74, 6) is 0.234. The van der Waals surface area contributed by atoms with Gasteiger partial charge in [0.05, 0.1) is 12.5 Å². The summed E-state index contributed by atoms with van der Waals surface area (Å²) in [7, 11) is 0. The Morgan fingerprint density at radius 2 is 1.74 bits per heavy atom. The average molecular weight is 287 g/mol. The van der Waals surface area contributed by atoms with Gasteiger partial charge in [0, 0.05) is 11.4 Å². The van der Waals surface area contributed by atoms with Gasteiger partial charge >= 0.3 is 12.2 Å². The van der Waals surface area contributed by atoms with Gasteiger partial charge in [-0.2, -0.15) is 0 Å². The molecular formula is C12H15ClN2O4. The summed E-state index contributed by atoms with van der Waals surface area (Å²) >= 11 is 5.39. The minimum absolute atomic E-state index is 0.133. The van der Waals surface area contributed by atoms with Crippen LogP contribution in [-0.2, 0) is 9.47 Å². The van der Waals surface area contributed by atoms with E-state index >= 15 is 0 Å². The van der Waals surface area contributed by atoms with Crippen LogP contribution < -0.4 is 10.6 Å². The molecule has 1 rings (SSSR count). The van der Waals surface area contributed by atoms with Crippen molar-refractivity contribution < 1.29 is 19.1 Å². The summed E-state index contributed by atoms with van der Waals surface area (Å²) in [5, 5.41) is 5.04. The Morgan fingerprint density at radius 3 is 2.26 bits per heavy atom. The molecule has 0 aliphatic heterocycles. The number of nitrogens with one attached hydrogen (secondary N) is 2. The second-order valence-corrected chi connectivity index (χ2v) is 3.75. The first kappa shape index (κ1) is 15.1. The van der Waals surface area contributed by atoms with Crippen LogP contribution >= 0.6 is 11.6 Å². The van der Waals surface area contributed by atoms with Crippen molar-refractivity contribution in [3.05, 3.63) is 24.3 Å². The Balaban J connectivity index is 2.56. The molecule has 0 aliphatic carbocycles. The third kappa shape index (κ3) is 5.96. The molecule has 0 unspecified atom stereocenters. The third-order valence-corrected chi connectivity index (χ3v) is 2.10. The van der Waals surface area contributed by atoms with Gasteiger partial charge in [0.15, 0.2) is 0 Å². The van der Waals surface area contributed by atoms with E-state index in [0.29, 0.717) is 11.4 Å². The van der Waals surface area contributed by atoms with E-state index in [1.807, 2.05) is 0 Å². The van der Waals surface area contributed by atoms with Crippen LogP contribution in [0.25, 0.3) is 0 Å². The lowest BCUT2D eigenvalue weighted by Crippen LogP contribution is -2.16. The topological polar surface area (TPSA) is 76.7 Å². The number of amides is 2. The van der Waals surface area contributed by atoms with Gasteiger partial charge in [-0.15, -0.1) is 11.6 Å². The number of halogens is 1. The normalized spacial score (nSPS) is 9.58. The molecule has 2 amide bonds. The molecular weight excluding hydrogens is 272 g/mol. The van der Waals surface area contributed by atoms with Crippen LogP contribution in [0.1, 0.15) is 6.92 Å². The zero-order valence-corrected chi connectivity index (χ0v) is 11.2. The molecule has 1 aromatic carbocycles. The lowest BCUT2D eigenvalue weighted by Gasteiger charge is -2.08. The van der Waals surface area contributed by atoms with Gasteiger partial charge in [-0.1, -0.05) is 6.07 Å². The number of alkyl halides is 1. The minimum atomic E-state index is -0.603. The van der Waals surface area contributed by atoms with E-state index in [2.05, 4.69) is 10.6 Å². The van der Waals surface area contributed by atoms with Crippen molar-refractivity contribution >= 4 is 35.2 Å². The van der Waals surface area contributed by atoms with Crippen LogP contribution in [0.4, 0.5) is 21.0 Å². The smallest absolute Gasteiger partial charge is 0.411 e. The van der Waals surface area contributed by atoms with E-state index in [1.54, 1.807) is 31.2 Å². The summed E-state index contributed by atoms with van der Waals surface area (Å²) in [6.07, 6.45) is -1.15. The number of carbonyl (C=O) groups excluding carboxylic acids is 2. The molecule has 6 nitrogen and oxygen atoms in total. The maximum atomic E-state index is 11.3. The molecule has 1 aromatic rings. The molecule has 0 aliphatic rings. The minimum Gasteiger partial charge on any atom is -0.450 e. The Labute approximate surface area is 116 Å². The number of anilines is 2. The monoisotopic (exact) mass is 286 g/mol. The fraction of sp³-hybridized carbons (Fsp3) is 0.333. The summed E-state index contributed by atoms with van der Waals surface area (Å²) in [6.45, 7) is 2.13. The van der Waals surface area contributed by atoms with Crippen LogP contribution in [-0.4, -0.2) is 31.3 Å². The molecule has 0 fully saturated rings. The molecule has 104 valence electrons. The zero-order chi connectivity index (χ0) is 14.1. The van der Waals surface area contributed by atoms with Gasteiger partial charge in [-0.05, 0) is 25.1 Å². The molecule has 0 atom stereocenters. The van der Waals surface area contributed by atoms with E-state index in [4.69, 9.17) is 21.1 Å². The first-order valence-electron chi connectivity index (χ1n) is 5.69. The number of ether oxygens (including phenoxy) is 2. The molecule has 19 heavy (non-hydrogen) atoms. The number of hydrogen-bond donors (Lipinski definition) is 2. The van der Waals surface area contributed by atoms with Crippen molar-refractivity contribution in [3.63, 3.8) is 0 Å². The third-order valence-electron chi connectivity index (χ3n) is 1.94. The van der Waals surface area contributed by atoms with Gasteiger partial charge in [-0.3, -0.25) is 10.6 Å². The predicted octanol–water partition coefficient (Wildman–Crippen LogP) is 3.04. The molecule has 7 heteroatoms. The van der Waals surface area contributed by atoms with E-state index in [-0.39, 0.29) is 19.1 Å². The van der Waals surface area contributed by atoms with Crippen molar-refractivity contribution in [3.8, 4) is 0 Å². The highest BCUT2D eigenvalue weighted by atomic mass is 35.5. The number of hydrogen-bond acceptors (Lipinski definition) is 4. The van der Waals surface area contributed by atoms with Crippen molar-refractivity contribution in [1.29, 1.82) is 0 Å². The molecule has 0 bridgehead atoms. The van der Waals surface area contributed by atoms with Crippen molar-refractivity contribution in [2.24, 2.45) is 0 Å². The second kappa shape index (κ2) is 8.20. The Hall–Kier alpha value is -1.95. The van der Waals surface area contributed by atoms with E-state index < -0.39 is 12.2 Å². The van der Waals surface area contributed by atoms with Gasteiger partial charge in [-0.25, -0.2) is 9.59 Å². The van der Waals surface area contributed by atoms with Gasteiger partial charge in [0.25, 0.3) is 0 Å². The maximum absolute atomic E-state index is 11.3. The highest BCUT2D eigenvalue weighted by Gasteiger charge is 2.05. The van der Waals surface area contributed by atoms with E-state index in [0.717, 1.165) is 0 Å².